The zero-order valence-electron chi connectivity index (χ0n) is 15.6. The Morgan fingerprint density at radius 3 is 2.59 bits per heavy atom. The van der Waals surface area contributed by atoms with Crippen LogP contribution in [-0.2, 0) is 16.0 Å². The summed E-state index contributed by atoms with van der Waals surface area (Å²) in [6.07, 6.45) is 2.37. The molecule has 0 aliphatic carbocycles. The minimum absolute atomic E-state index is 0.169. The normalized spacial score (nSPS) is 17.5. The monoisotopic (exact) mass is 366 g/mol. The number of fused-ring (bicyclic) bond motifs is 1. The molecule has 3 rings (SSSR count). The number of aliphatic carboxylic acids is 1. The third-order valence-corrected chi connectivity index (χ3v) is 5.12. The molecule has 0 radical (unpaired) electrons. The van der Waals surface area contributed by atoms with Gasteiger partial charge in [-0.15, -0.1) is 0 Å². The molecule has 1 heterocycles. The molecule has 2 aromatic rings. The van der Waals surface area contributed by atoms with Crippen LogP contribution >= 0.6 is 0 Å². The second-order valence-corrected chi connectivity index (χ2v) is 7.17. The molecule has 1 unspecified atom stereocenters. The number of carboxylic acid groups (broad SMARTS) is 1. The lowest BCUT2D eigenvalue weighted by Gasteiger charge is -2.25. The Bertz CT molecular complexity index is 791. The molecule has 2 N–H and O–H groups in total. The number of anilines is 1. The van der Waals surface area contributed by atoms with Gasteiger partial charge >= 0.3 is 5.97 Å². The Kier molecular flexibility index (Phi) is 6.12. The van der Waals surface area contributed by atoms with Crippen molar-refractivity contribution in [1.82, 2.24) is 5.32 Å². The van der Waals surface area contributed by atoms with Crippen molar-refractivity contribution in [3.63, 3.8) is 0 Å². The summed E-state index contributed by atoms with van der Waals surface area (Å²) < 4.78 is 0. The van der Waals surface area contributed by atoms with Crippen LogP contribution in [0.5, 0.6) is 0 Å². The quantitative estimate of drug-likeness (QED) is 0.824. The van der Waals surface area contributed by atoms with Crippen LogP contribution < -0.4 is 10.2 Å². The van der Waals surface area contributed by atoms with Crippen LogP contribution in [0.4, 0.5) is 5.69 Å². The molecule has 0 aromatic heterocycles. The maximum Gasteiger partial charge on any atom is 0.326 e. The highest BCUT2D eigenvalue weighted by Crippen LogP contribution is 2.33. The minimum Gasteiger partial charge on any atom is -0.480 e. The lowest BCUT2D eigenvalue weighted by atomic mass is 9.96. The van der Waals surface area contributed by atoms with E-state index in [9.17, 15) is 14.7 Å². The van der Waals surface area contributed by atoms with Gasteiger partial charge in [-0.2, -0.15) is 0 Å². The largest absolute Gasteiger partial charge is 0.480 e. The topological polar surface area (TPSA) is 69.6 Å². The number of hydrogen-bond donors (Lipinski definition) is 2. The smallest absolute Gasteiger partial charge is 0.326 e. The molecular weight excluding hydrogens is 340 g/mol. The average Bonchev–Trinajstić information content (AvgIpc) is 2.82. The summed E-state index contributed by atoms with van der Waals surface area (Å²) in [5.41, 5.74) is 3.22. The van der Waals surface area contributed by atoms with Crippen LogP contribution in [0.2, 0.25) is 0 Å². The molecule has 0 spiro atoms. The van der Waals surface area contributed by atoms with Gasteiger partial charge in [-0.25, -0.2) is 4.79 Å². The first-order chi connectivity index (χ1) is 13.0. The highest BCUT2D eigenvalue weighted by Gasteiger charge is 2.24. The summed E-state index contributed by atoms with van der Waals surface area (Å²) in [5, 5.41) is 12.2. The number of nitrogens with zero attached hydrogens (tertiary/aromatic N) is 1. The van der Waals surface area contributed by atoms with E-state index in [1.165, 1.54) is 5.56 Å². The van der Waals surface area contributed by atoms with E-state index >= 15 is 0 Å². The number of benzene rings is 2. The molecular formula is C22H26N2O3. The zero-order chi connectivity index (χ0) is 19.2. The predicted molar refractivity (Wildman–Crippen MR) is 106 cm³/mol. The van der Waals surface area contributed by atoms with Gasteiger partial charge in [-0.05, 0) is 36.0 Å². The first-order valence-electron chi connectivity index (χ1n) is 9.44. The van der Waals surface area contributed by atoms with Crippen molar-refractivity contribution in [2.75, 3.05) is 18.0 Å². The summed E-state index contributed by atoms with van der Waals surface area (Å²) in [4.78, 5) is 26.3. The van der Waals surface area contributed by atoms with Crippen molar-refractivity contribution in [2.45, 2.75) is 38.1 Å². The van der Waals surface area contributed by atoms with Gasteiger partial charge in [0.25, 0.3) is 0 Å². The van der Waals surface area contributed by atoms with Gasteiger partial charge in [0, 0.05) is 18.7 Å². The molecule has 0 saturated carbocycles. The first-order valence-corrected chi connectivity index (χ1v) is 9.44. The van der Waals surface area contributed by atoms with Crippen LogP contribution in [0.15, 0.2) is 54.6 Å². The van der Waals surface area contributed by atoms with Gasteiger partial charge in [0.2, 0.25) is 5.91 Å². The standard InChI is InChI=1S/C22H26N2O3/c1-16-8-7-13-24(20-12-6-5-11-18(16)20)15-21(25)23-19(22(26)27)14-17-9-3-2-4-10-17/h2-6,9-12,16,19H,7-8,13-15H2,1H3,(H,23,25)(H,26,27)/t16?,19-/m1/s1. The fourth-order valence-electron chi connectivity index (χ4n) is 3.68. The molecule has 2 atom stereocenters. The minimum atomic E-state index is -1.02. The van der Waals surface area contributed by atoms with Crippen molar-refractivity contribution in [3.05, 3.63) is 65.7 Å². The fourth-order valence-corrected chi connectivity index (χ4v) is 3.68. The molecule has 5 heteroatoms. The van der Waals surface area contributed by atoms with Crippen LogP contribution in [-0.4, -0.2) is 36.1 Å². The van der Waals surface area contributed by atoms with Crippen molar-refractivity contribution >= 4 is 17.6 Å². The van der Waals surface area contributed by atoms with E-state index in [-0.39, 0.29) is 18.9 Å². The maximum absolute atomic E-state index is 12.6. The van der Waals surface area contributed by atoms with Crippen molar-refractivity contribution < 1.29 is 14.7 Å². The number of nitrogens with one attached hydrogen (secondary N) is 1. The summed E-state index contributed by atoms with van der Waals surface area (Å²) in [6, 6.07) is 16.6. The molecule has 2 aromatic carbocycles. The van der Waals surface area contributed by atoms with Crippen molar-refractivity contribution in [2.24, 2.45) is 0 Å². The number of amides is 1. The average molecular weight is 366 g/mol. The van der Waals surface area contributed by atoms with Gasteiger partial charge in [-0.1, -0.05) is 55.5 Å². The molecule has 0 saturated heterocycles. The van der Waals surface area contributed by atoms with E-state index in [2.05, 4.69) is 23.2 Å². The van der Waals surface area contributed by atoms with Gasteiger partial charge in [0.1, 0.15) is 6.04 Å². The number of carbonyl (C=O) groups is 2. The van der Waals surface area contributed by atoms with Crippen molar-refractivity contribution in [3.8, 4) is 0 Å². The number of carbonyl (C=O) groups excluding carboxylic acids is 1. The summed E-state index contributed by atoms with van der Waals surface area (Å²) in [6.45, 7) is 3.18. The van der Waals surface area contributed by atoms with Gasteiger partial charge < -0.3 is 15.3 Å². The van der Waals surface area contributed by atoms with E-state index in [1.54, 1.807) is 0 Å². The first kappa shape index (κ1) is 19.0. The second-order valence-electron chi connectivity index (χ2n) is 7.17. The van der Waals surface area contributed by atoms with Crippen LogP contribution in [0.1, 0.15) is 36.8 Å². The zero-order valence-corrected chi connectivity index (χ0v) is 15.6. The molecule has 1 aliphatic rings. The van der Waals surface area contributed by atoms with Crippen LogP contribution in [0.3, 0.4) is 0 Å². The third-order valence-electron chi connectivity index (χ3n) is 5.12. The molecule has 0 bridgehead atoms. The Balaban J connectivity index is 1.68. The van der Waals surface area contributed by atoms with E-state index < -0.39 is 12.0 Å². The molecule has 142 valence electrons. The Hall–Kier alpha value is -2.82. The Labute approximate surface area is 160 Å². The Morgan fingerprint density at radius 1 is 1.15 bits per heavy atom. The highest BCUT2D eigenvalue weighted by atomic mass is 16.4. The molecule has 5 nitrogen and oxygen atoms in total. The number of hydrogen-bond acceptors (Lipinski definition) is 3. The summed E-state index contributed by atoms with van der Waals surface area (Å²) >= 11 is 0. The lowest BCUT2D eigenvalue weighted by molar-refractivity contribution is -0.141. The third kappa shape index (κ3) is 4.88. The lowest BCUT2D eigenvalue weighted by Crippen LogP contribution is -2.47. The summed E-state index contributed by atoms with van der Waals surface area (Å²) in [5.74, 6) is -0.820. The van der Waals surface area contributed by atoms with Gasteiger partial charge in [0.05, 0.1) is 6.54 Å². The summed E-state index contributed by atoms with van der Waals surface area (Å²) in [7, 11) is 0. The van der Waals surface area contributed by atoms with Gasteiger partial charge in [-0.3, -0.25) is 4.79 Å². The van der Waals surface area contributed by atoms with E-state index in [0.717, 1.165) is 30.6 Å². The van der Waals surface area contributed by atoms with Crippen molar-refractivity contribution in [1.29, 1.82) is 0 Å². The maximum atomic E-state index is 12.6. The molecule has 0 fully saturated rings. The van der Waals surface area contributed by atoms with E-state index in [0.29, 0.717) is 5.92 Å². The molecule has 1 amide bonds. The number of para-hydroxylation sites is 1. The van der Waals surface area contributed by atoms with Gasteiger partial charge in [0.15, 0.2) is 0 Å². The Morgan fingerprint density at radius 2 is 1.85 bits per heavy atom. The van der Waals surface area contributed by atoms with E-state index in [4.69, 9.17) is 0 Å². The number of carboxylic acids is 1. The van der Waals surface area contributed by atoms with E-state index in [1.807, 2.05) is 48.5 Å². The van der Waals surface area contributed by atoms with Crippen LogP contribution in [0, 0.1) is 0 Å². The highest BCUT2D eigenvalue weighted by molar-refractivity contribution is 5.87. The SMILES string of the molecule is CC1CCCN(CC(=O)N[C@H](Cc2ccccc2)C(=O)O)c2ccccc21. The predicted octanol–water partition coefficient (Wildman–Crippen LogP) is 3.20. The van der Waals surface area contributed by atoms with Crippen LogP contribution in [0.25, 0.3) is 0 Å². The molecule has 27 heavy (non-hydrogen) atoms. The molecule has 1 aliphatic heterocycles. The number of rotatable bonds is 6. The fraction of sp³-hybridized carbons (Fsp3) is 0.364. The second kappa shape index (κ2) is 8.71.